The van der Waals surface area contributed by atoms with Crippen molar-refractivity contribution in [3.8, 4) is 5.75 Å². The fraction of sp³-hybridized carbons (Fsp3) is 0.333. The third kappa shape index (κ3) is 4.05. The number of aromatic nitrogens is 1. The summed E-state index contributed by atoms with van der Waals surface area (Å²) in [5.74, 6) is 0.528. The monoisotopic (exact) mass is 368 g/mol. The minimum Gasteiger partial charge on any atom is -0.483 e. The molecule has 136 valence electrons. The molecule has 0 aliphatic rings. The number of ether oxygens (including phenoxy) is 1. The number of carbonyl (C=O) groups is 1. The van der Waals surface area contributed by atoms with Gasteiger partial charge in [-0.15, -0.1) is 0 Å². The highest BCUT2D eigenvalue weighted by Crippen LogP contribution is 2.31. The molecule has 1 amide bonds. The second kappa shape index (κ2) is 7.08. The summed E-state index contributed by atoms with van der Waals surface area (Å²) in [5.41, 5.74) is 4.43. The lowest BCUT2D eigenvalue weighted by Gasteiger charge is -2.18. The first-order chi connectivity index (χ1) is 12.2. The van der Waals surface area contributed by atoms with E-state index in [2.05, 4.69) is 43.2 Å². The molecule has 3 rings (SSSR count). The molecule has 0 saturated carbocycles. The number of aryl methyl sites for hydroxylation is 1. The second-order valence-corrected chi connectivity index (χ2v) is 8.52. The Hall–Kier alpha value is -2.40. The Morgan fingerprint density at radius 1 is 1.19 bits per heavy atom. The molecule has 1 aromatic heterocycles. The molecule has 0 aliphatic carbocycles. The smallest absolute Gasteiger partial charge is 0.264 e. The van der Waals surface area contributed by atoms with E-state index in [9.17, 15) is 4.79 Å². The van der Waals surface area contributed by atoms with Crippen LogP contribution < -0.4 is 10.1 Å². The normalized spacial score (nSPS) is 11.6. The quantitative estimate of drug-likeness (QED) is 0.686. The van der Waals surface area contributed by atoms with Crippen LogP contribution in [-0.4, -0.2) is 17.5 Å². The van der Waals surface area contributed by atoms with Gasteiger partial charge in [0.25, 0.3) is 5.91 Å². The molecule has 2 aromatic carbocycles. The zero-order valence-corrected chi connectivity index (χ0v) is 16.7. The van der Waals surface area contributed by atoms with Crippen LogP contribution in [0.25, 0.3) is 10.2 Å². The van der Waals surface area contributed by atoms with Crippen molar-refractivity contribution in [3.05, 3.63) is 53.1 Å². The first-order valence-corrected chi connectivity index (χ1v) is 9.45. The Labute approximate surface area is 158 Å². The number of anilines is 1. The lowest BCUT2D eigenvalue weighted by Crippen LogP contribution is -2.20. The van der Waals surface area contributed by atoms with Gasteiger partial charge in [-0.05, 0) is 54.2 Å². The molecule has 1 N–H and O–H groups in total. The van der Waals surface area contributed by atoms with Crippen molar-refractivity contribution in [2.24, 2.45) is 0 Å². The van der Waals surface area contributed by atoms with Gasteiger partial charge in [-0.3, -0.25) is 10.1 Å². The molecule has 0 saturated heterocycles. The first kappa shape index (κ1) is 18.4. The Kier molecular flexibility index (Phi) is 5.01. The molecule has 0 bridgehead atoms. The average molecular weight is 369 g/mol. The third-order valence-electron chi connectivity index (χ3n) is 4.41. The Morgan fingerprint density at radius 2 is 1.96 bits per heavy atom. The molecule has 0 radical (unpaired) electrons. The van der Waals surface area contributed by atoms with Crippen molar-refractivity contribution in [2.45, 2.75) is 40.0 Å². The van der Waals surface area contributed by atoms with E-state index in [1.165, 1.54) is 16.9 Å². The maximum Gasteiger partial charge on any atom is 0.264 e. The number of hydrogen-bond donors (Lipinski definition) is 1. The summed E-state index contributed by atoms with van der Waals surface area (Å²) in [6, 6.07) is 12.1. The van der Waals surface area contributed by atoms with Crippen LogP contribution in [0.15, 0.2) is 36.4 Å². The second-order valence-electron chi connectivity index (χ2n) is 7.49. The molecule has 0 unspecified atom stereocenters. The number of rotatable bonds is 4. The van der Waals surface area contributed by atoms with Crippen LogP contribution in [0.3, 0.4) is 0 Å². The van der Waals surface area contributed by atoms with E-state index in [0.717, 1.165) is 27.1 Å². The fourth-order valence-electron chi connectivity index (χ4n) is 2.62. The van der Waals surface area contributed by atoms with Crippen LogP contribution >= 0.6 is 11.3 Å². The third-order valence-corrected chi connectivity index (χ3v) is 5.35. The number of carbonyl (C=O) groups excluding carboxylic acids is 1. The van der Waals surface area contributed by atoms with Crippen molar-refractivity contribution in [1.82, 2.24) is 4.98 Å². The van der Waals surface area contributed by atoms with Gasteiger partial charge in [0.05, 0.1) is 10.2 Å². The Morgan fingerprint density at radius 3 is 2.69 bits per heavy atom. The van der Waals surface area contributed by atoms with Gasteiger partial charge in [0.15, 0.2) is 11.7 Å². The topological polar surface area (TPSA) is 51.2 Å². The Bertz CT molecular complexity index is 954. The van der Waals surface area contributed by atoms with Gasteiger partial charge >= 0.3 is 0 Å². The van der Waals surface area contributed by atoms with Crippen LogP contribution in [0.1, 0.15) is 37.5 Å². The van der Waals surface area contributed by atoms with Crippen molar-refractivity contribution in [1.29, 1.82) is 0 Å². The highest BCUT2D eigenvalue weighted by molar-refractivity contribution is 7.22. The lowest BCUT2D eigenvalue weighted by atomic mass is 9.87. The molecule has 3 aromatic rings. The maximum absolute atomic E-state index is 12.2. The van der Waals surface area contributed by atoms with Gasteiger partial charge in [0.1, 0.15) is 5.75 Å². The summed E-state index contributed by atoms with van der Waals surface area (Å²) in [4.78, 5) is 16.7. The molecule has 4 nitrogen and oxygen atoms in total. The van der Waals surface area contributed by atoms with Crippen molar-refractivity contribution in [3.63, 3.8) is 0 Å². The number of nitrogens with zero attached hydrogens (tertiary/aromatic N) is 1. The number of benzene rings is 2. The van der Waals surface area contributed by atoms with Crippen LogP contribution in [0, 0.1) is 13.8 Å². The number of amides is 1. The fourth-order valence-corrected chi connectivity index (χ4v) is 3.55. The molecule has 5 heteroatoms. The zero-order valence-electron chi connectivity index (χ0n) is 15.8. The molecular formula is C21H24N2O2S. The number of fused-ring (bicyclic) bond motifs is 1. The van der Waals surface area contributed by atoms with E-state index in [0.29, 0.717) is 5.13 Å². The SMILES string of the molecule is Cc1cccc(OCC(=O)Nc2nc3ccc(C(C)(C)C)cc3s2)c1C. The van der Waals surface area contributed by atoms with Crippen LogP contribution in [0.5, 0.6) is 5.75 Å². The molecule has 0 aliphatic heterocycles. The molecule has 0 fully saturated rings. The number of thiazole rings is 1. The van der Waals surface area contributed by atoms with E-state index in [4.69, 9.17) is 4.74 Å². The van der Waals surface area contributed by atoms with Gasteiger partial charge < -0.3 is 4.74 Å². The maximum atomic E-state index is 12.2. The molecule has 0 atom stereocenters. The standard InChI is InChI=1S/C21H24N2O2S/c1-13-7-6-8-17(14(13)2)25-12-19(24)23-20-22-16-10-9-15(21(3,4)5)11-18(16)26-20/h6-11H,12H2,1-5H3,(H,22,23,24). The lowest BCUT2D eigenvalue weighted by molar-refractivity contribution is -0.118. The van der Waals surface area contributed by atoms with Gasteiger partial charge in [0, 0.05) is 0 Å². The van der Waals surface area contributed by atoms with Crippen molar-refractivity contribution < 1.29 is 9.53 Å². The van der Waals surface area contributed by atoms with Crippen LogP contribution in [0.2, 0.25) is 0 Å². The highest BCUT2D eigenvalue weighted by Gasteiger charge is 2.16. The number of nitrogens with one attached hydrogen (secondary N) is 1. The largest absolute Gasteiger partial charge is 0.483 e. The van der Waals surface area contributed by atoms with Crippen molar-refractivity contribution in [2.75, 3.05) is 11.9 Å². The molecule has 0 spiro atoms. The van der Waals surface area contributed by atoms with E-state index in [-0.39, 0.29) is 17.9 Å². The summed E-state index contributed by atoms with van der Waals surface area (Å²) in [6.45, 7) is 10.5. The van der Waals surface area contributed by atoms with Crippen LogP contribution in [-0.2, 0) is 10.2 Å². The first-order valence-electron chi connectivity index (χ1n) is 8.64. The molecular weight excluding hydrogens is 344 g/mol. The minimum atomic E-state index is -0.207. The zero-order chi connectivity index (χ0) is 18.9. The predicted octanol–water partition coefficient (Wildman–Crippen LogP) is 5.23. The minimum absolute atomic E-state index is 0.0343. The van der Waals surface area contributed by atoms with Gasteiger partial charge in [0.2, 0.25) is 0 Å². The van der Waals surface area contributed by atoms with Crippen LogP contribution in [0.4, 0.5) is 5.13 Å². The summed E-state index contributed by atoms with van der Waals surface area (Å²) in [6.07, 6.45) is 0. The molecule has 1 heterocycles. The summed E-state index contributed by atoms with van der Waals surface area (Å²) < 4.78 is 6.73. The summed E-state index contributed by atoms with van der Waals surface area (Å²) in [5, 5.41) is 3.44. The number of hydrogen-bond acceptors (Lipinski definition) is 4. The van der Waals surface area contributed by atoms with Gasteiger partial charge in [-0.2, -0.15) is 0 Å². The van der Waals surface area contributed by atoms with Gasteiger partial charge in [-0.25, -0.2) is 4.98 Å². The van der Waals surface area contributed by atoms with Crippen molar-refractivity contribution >= 4 is 32.6 Å². The summed E-state index contributed by atoms with van der Waals surface area (Å²) >= 11 is 1.48. The van der Waals surface area contributed by atoms with E-state index in [1.807, 2.05) is 38.1 Å². The van der Waals surface area contributed by atoms with E-state index in [1.54, 1.807) is 0 Å². The van der Waals surface area contributed by atoms with E-state index >= 15 is 0 Å². The Balaban J connectivity index is 1.68. The predicted molar refractivity (Wildman–Crippen MR) is 108 cm³/mol. The highest BCUT2D eigenvalue weighted by atomic mass is 32.1. The summed E-state index contributed by atoms with van der Waals surface area (Å²) in [7, 11) is 0. The van der Waals surface area contributed by atoms with Gasteiger partial charge in [-0.1, -0.05) is 50.3 Å². The average Bonchev–Trinajstić information content (AvgIpc) is 2.96. The van der Waals surface area contributed by atoms with E-state index < -0.39 is 0 Å². The molecule has 26 heavy (non-hydrogen) atoms.